The molecule has 2 unspecified atom stereocenters. The van der Waals surface area contributed by atoms with Crippen LogP contribution < -0.4 is 20.9 Å². The Morgan fingerprint density at radius 2 is 2.00 bits per heavy atom. The van der Waals surface area contributed by atoms with Crippen molar-refractivity contribution in [2.75, 3.05) is 13.7 Å². The van der Waals surface area contributed by atoms with E-state index in [1.54, 1.807) is 37.6 Å². The summed E-state index contributed by atoms with van der Waals surface area (Å²) in [7, 11) is 1.57. The van der Waals surface area contributed by atoms with Gasteiger partial charge in [0, 0.05) is 11.8 Å². The highest BCUT2D eigenvalue weighted by Gasteiger charge is 2.30. The third-order valence-electron chi connectivity index (χ3n) is 4.10. The van der Waals surface area contributed by atoms with Crippen molar-refractivity contribution in [1.29, 1.82) is 0 Å². The molecule has 25 heavy (non-hydrogen) atoms. The highest BCUT2D eigenvalue weighted by Crippen LogP contribution is 2.20. The van der Waals surface area contributed by atoms with Crippen LogP contribution in [0.4, 0.5) is 0 Å². The zero-order chi connectivity index (χ0) is 17.6. The molecule has 0 radical (unpaired) electrons. The molecule has 130 valence electrons. The zero-order valence-corrected chi connectivity index (χ0v) is 13.9. The molecule has 7 heteroatoms. The molecule has 1 fully saturated rings. The summed E-state index contributed by atoms with van der Waals surface area (Å²) in [6.45, 7) is -0.0441. The largest absolute Gasteiger partial charge is 0.497 e. The molecule has 3 N–H and O–H groups in total. The van der Waals surface area contributed by atoms with Crippen LogP contribution in [0.5, 0.6) is 5.75 Å². The molecule has 1 saturated heterocycles. The molecule has 0 aliphatic carbocycles. The summed E-state index contributed by atoms with van der Waals surface area (Å²) in [5.74, 6) is 0.318. The number of rotatable bonds is 6. The number of aromatic nitrogens is 1. The third kappa shape index (κ3) is 4.20. The second kappa shape index (κ2) is 7.87. The lowest BCUT2D eigenvalue weighted by Gasteiger charge is -2.10. The molecular formula is C18H20N4O3. The van der Waals surface area contributed by atoms with Crippen LogP contribution >= 0.6 is 0 Å². The van der Waals surface area contributed by atoms with Crippen molar-refractivity contribution >= 4 is 11.7 Å². The van der Waals surface area contributed by atoms with Gasteiger partial charge in [-0.05, 0) is 42.8 Å². The van der Waals surface area contributed by atoms with Crippen LogP contribution in [0.25, 0.3) is 0 Å². The van der Waals surface area contributed by atoms with E-state index < -0.39 is 6.04 Å². The number of nitrogens with one attached hydrogen (secondary N) is 3. The quantitative estimate of drug-likeness (QED) is 0.680. The van der Waals surface area contributed by atoms with Crippen LogP contribution in [0.15, 0.2) is 48.7 Å². The number of ketones is 1. The number of carbonyl (C=O) groups excluding carboxylic acids is 2. The minimum Gasteiger partial charge on any atom is -0.497 e. The Hall–Kier alpha value is -2.77. The molecule has 0 spiro atoms. The van der Waals surface area contributed by atoms with Crippen LogP contribution in [0.2, 0.25) is 0 Å². The minimum atomic E-state index is -0.407. The SMILES string of the molecule is COc1ccc(C(=O)CNC(=O)C2CC(c3ccccn3)NN2)cc1. The zero-order valence-electron chi connectivity index (χ0n) is 13.9. The molecule has 1 amide bonds. The Labute approximate surface area is 145 Å². The summed E-state index contributed by atoms with van der Waals surface area (Å²) in [5, 5.41) is 2.68. The highest BCUT2D eigenvalue weighted by atomic mass is 16.5. The van der Waals surface area contributed by atoms with Crippen LogP contribution in [-0.4, -0.2) is 36.4 Å². The lowest BCUT2D eigenvalue weighted by Crippen LogP contribution is -2.44. The lowest BCUT2D eigenvalue weighted by molar-refractivity contribution is -0.122. The molecule has 2 aromatic rings. The second-order valence-electron chi connectivity index (χ2n) is 5.75. The van der Waals surface area contributed by atoms with Gasteiger partial charge >= 0.3 is 0 Å². The number of ether oxygens (including phenoxy) is 1. The van der Waals surface area contributed by atoms with E-state index in [9.17, 15) is 9.59 Å². The van der Waals surface area contributed by atoms with E-state index in [0.717, 1.165) is 5.69 Å². The topological polar surface area (TPSA) is 92.3 Å². The van der Waals surface area contributed by atoms with Gasteiger partial charge in [0.25, 0.3) is 0 Å². The van der Waals surface area contributed by atoms with Crippen molar-refractivity contribution in [1.82, 2.24) is 21.2 Å². The third-order valence-corrected chi connectivity index (χ3v) is 4.10. The fourth-order valence-corrected chi connectivity index (χ4v) is 2.67. The second-order valence-corrected chi connectivity index (χ2v) is 5.75. The average Bonchev–Trinajstić information content (AvgIpc) is 3.17. The first-order chi connectivity index (χ1) is 12.2. The Morgan fingerprint density at radius 1 is 1.20 bits per heavy atom. The first-order valence-electron chi connectivity index (χ1n) is 8.04. The Balaban J connectivity index is 1.50. The molecule has 1 aliphatic rings. The summed E-state index contributed by atoms with van der Waals surface area (Å²) in [4.78, 5) is 28.7. The number of hydrogen-bond donors (Lipinski definition) is 3. The number of hydrazine groups is 1. The maximum absolute atomic E-state index is 12.3. The number of amides is 1. The molecule has 1 aromatic heterocycles. The van der Waals surface area contributed by atoms with Gasteiger partial charge < -0.3 is 10.1 Å². The summed E-state index contributed by atoms with van der Waals surface area (Å²) >= 11 is 0. The van der Waals surface area contributed by atoms with Crippen molar-refractivity contribution in [3.8, 4) is 5.75 Å². The van der Waals surface area contributed by atoms with Gasteiger partial charge in [-0.1, -0.05) is 6.07 Å². The van der Waals surface area contributed by atoms with E-state index in [1.807, 2.05) is 18.2 Å². The first kappa shape index (κ1) is 17.1. The number of nitrogens with zero attached hydrogens (tertiary/aromatic N) is 1. The van der Waals surface area contributed by atoms with E-state index in [-0.39, 0.29) is 24.3 Å². The van der Waals surface area contributed by atoms with Gasteiger partial charge in [0.15, 0.2) is 5.78 Å². The molecule has 2 atom stereocenters. The van der Waals surface area contributed by atoms with Crippen LogP contribution in [0.3, 0.4) is 0 Å². The monoisotopic (exact) mass is 340 g/mol. The van der Waals surface area contributed by atoms with Crippen molar-refractivity contribution in [3.63, 3.8) is 0 Å². The van der Waals surface area contributed by atoms with E-state index >= 15 is 0 Å². The van der Waals surface area contributed by atoms with Crippen molar-refractivity contribution in [2.45, 2.75) is 18.5 Å². The molecule has 1 aromatic carbocycles. The Bertz CT molecular complexity index is 734. The standard InChI is InChI=1S/C18H20N4O3/c1-25-13-7-5-12(6-8-13)17(23)11-20-18(24)16-10-15(21-22-16)14-4-2-3-9-19-14/h2-9,15-16,21-22H,10-11H2,1H3,(H,20,24). The molecule has 0 saturated carbocycles. The Morgan fingerprint density at radius 3 is 2.68 bits per heavy atom. The maximum atomic E-state index is 12.3. The van der Waals surface area contributed by atoms with Crippen molar-refractivity contribution < 1.29 is 14.3 Å². The maximum Gasteiger partial charge on any atom is 0.238 e. The number of hydrogen-bond acceptors (Lipinski definition) is 6. The molecule has 2 heterocycles. The highest BCUT2D eigenvalue weighted by molar-refractivity contribution is 5.99. The molecule has 1 aliphatic heterocycles. The Kier molecular flexibility index (Phi) is 5.37. The fraction of sp³-hybridized carbons (Fsp3) is 0.278. The lowest BCUT2D eigenvalue weighted by atomic mass is 10.1. The number of carbonyl (C=O) groups is 2. The fourth-order valence-electron chi connectivity index (χ4n) is 2.67. The van der Waals surface area contributed by atoms with Crippen LogP contribution in [0.1, 0.15) is 28.5 Å². The summed E-state index contributed by atoms with van der Waals surface area (Å²) < 4.78 is 5.06. The predicted molar refractivity (Wildman–Crippen MR) is 92.0 cm³/mol. The number of methoxy groups -OCH3 is 1. The van der Waals surface area contributed by atoms with E-state index in [1.165, 1.54) is 0 Å². The van der Waals surface area contributed by atoms with Crippen LogP contribution in [-0.2, 0) is 4.79 Å². The number of pyridine rings is 1. The van der Waals surface area contributed by atoms with Gasteiger partial charge in [-0.15, -0.1) is 0 Å². The van der Waals surface area contributed by atoms with Gasteiger partial charge in [0.2, 0.25) is 5.91 Å². The average molecular weight is 340 g/mol. The van der Waals surface area contributed by atoms with Crippen molar-refractivity contribution in [2.24, 2.45) is 0 Å². The minimum absolute atomic E-state index is 0.0331. The van der Waals surface area contributed by atoms with Gasteiger partial charge in [-0.2, -0.15) is 0 Å². The van der Waals surface area contributed by atoms with E-state index in [4.69, 9.17) is 4.74 Å². The summed E-state index contributed by atoms with van der Waals surface area (Å²) in [5.41, 5.74) is 7.42. The van der Waals surface area contributed by atoms with Crippen molar-refractivity contribution in [3.05, 3.63) is 59.9 Å². The number of Topliss-reactive ketones (excluding diaryl/α,β-unsaturated/α-hetero) is 1. The molecule has 3 rings (SSSR count). The van der Waals surface area contributed by atoms with Gasteiger partial charge in [-0.3, -0.25) is 14.6 Å². The summed E-state index contributed by atoms with van der Waals surface area (Å²) in [6, 6.07) is 12.0. The van der Waals surface area contributed by atoms with Gasteiger partial charge in [0.1, 0.15) is 11.8 Å². The predicted octanol–water partition coefficient (Wildman–Crippen LogP) is 0.997. The number of benzene rings is 1. The van der Waals surface area contributed by atoms with E-state index in [2.05, 4.69) is 21.2 Å². The smallest absolute Gasteiger partial charge is 0.238 e. The molecule has 7 nitrogen and oxygen atoms in total. The first-order valence-corrected chi connectivity index (χ1v) is 8.04. The normalized spacial score (nSPS) is 19.4. The van der Waals surface area contributed by atoms with E-state index in [0.29, 0.717) is 17.7 Å². The van der Waals surface area contributed by atoms with Crippen LogP contribution in [0, 0.1) is 0 Å². The van der Waals surface area contributed by atoms with Gasteiger partial charge in [0.05, 0.1) is 25.4 Å². The van der Waals surface area contributed by atoms with Gasteiger partial charge in [-0.25, -0.2) is 10.9 Å². The summed E-state index contributed by atoms with van der Waals surface area (Å²) in [6.07, 6.45) is 2.29. The molecular weight excluding hydrogens is 320 g/mol. The molecule has 0 bridgehead atoms.